The van der Waals surface area contributed by atoms with Gasteiger partial charge >= 0.3 is 0 Å². The molecule has 9 nitrogen and oxygen atoms in total. The number of fused-ring (bicyclic) bond motifs is 2. The van der Waals surface area contributed by atoms with Crippen molar-refractivity contribution in [1.29, 1.82) is 0 Å². The number of piperidine rings is 1. The topological polar surface area (TPSA) is 109 Å². The highest BCUT2D eigenvalue weighted by Crippen LogP contribution is 2.49. The normalized spacial score (nSPS) is 21.8. The summed E-state index contributed by atoms with van der Waals surface area (Å²) >= 11 is 0. The summed E-state index contributed by atoms with van der Waals surface area (Å²) in [6.45, 7) is 1.13. The molecule has 4 heterocycles. The average Bonchev–Trinajstić information content (AvgIpc) is 3.60. The lowest BCUT2D eigenvalue weighted by Gasteiger charge is -2.46. The van der Waals surface area contributed by atoms with Gasteiger partial charge in [-0.2, -0.15) is 5.10 Å². The SMILES string of the molecule is O=C1CCC(N2Cc3ccc(C(CCCC4=Nc5ccccc5NC4)(C4CCC4)n4cccn4)cc3C2=O)C(=O)N1. The van der Waals surface area contributed by atoms with Gasteiger partial charge in [0, 0.05) is 36.6 Å². The molecule has 1 aromatic heterocycles. The standard InChI is InChI=1S/C32H34N6O3/c39-29-14-13-28(30(40)36-29)37-20-21-11-12-23(18-25(21)31(37)41)32(22-6-3-7-22,38-17-5-16-34-38)15-4-8-24-19-33-26-9-1-2-10-27(26)35-24/h1-2,5,9-12,16-18,22,28,33H,3-4,6-8,13-15,19-20H2,(H,36,39,40). The van der Waals surface area contributed by atoms with Crippen molar-refractivity contribution in [3.8, 4) is 0 Å². The van der Waals surface area contributed by atoms with Gasteiger partial charge in [-0.1, -0.05) is 30.7 Å². The predicted molar refractivity (Wildman–Crippen MR) is 155 cm³/mol. The Labute approximate surface area is 239 Å². The van der Waals surface area contributed by atoms with Crippen molar-refractivity contribution in [2.75, 3.05) is 11.9 Å². The molecule has 0 spiro atoms. The number of nitrogens with one attached hydrogen (secondary N) is 2. The van der Waals surface area contributed by atoms with Crippen molar-refractivity contribution in [3.63, 3.8) is 0 Å². The van der Waals surface area contributed by atoms with Crippen molar-refractivity contribution >= 4 is 34.8 Å². The summed E-state index contributed by atoms with van der Waals surface area (Å²) < 4.78 is 2.12. The van der Waals surface area contributed by atoms with Gasteiger partial charge in [0.1, 0.15) is 6.04 Å². The molecular formula is C32H34N6O3. The van der Waals surface area contributed by atoms with Crippen LogP contribution in [-0.4, -0.2) is 50.7 Å². The van der Waals surface area contributed by atoms with Gasteiger partial charge < -0.3 is 10.2 Å². The molecule has 2 fully saturated rings. The van der Waals surface area contributed by atoms with E-state index in [0.29, 0.717) is 24.4 Å². The molecule has 4 aliphatic rings. The fourth-order valence-electron chi connectivity index (χ4n) is 7.07. The summed E-state index contributed by atoms with van der Waals surface area (Å²) in [5, 5.41) is 10.7. The molecule has 210 valence electrons. The Hall–Kier alpha value is -4.27. The molecule has 3 amide bonds. The molecule has 0 radical (unpaired) electrons. The fraction of sp³-hybridized carbons (Fsp3) is 0.406. The highest BCUT2D eigenvalue weighted by molar-refractivity contribution is 6.05. The summed E-state index contributed by atoms with van der Waals surface area (Å²) in [4.78, 5) is 44.5. The minimum absolute atomic E-state index is 0.138. The van der Waals surface area contributed by atoms with E-state index in [-0.39, 0.29) is 29.7 Å². The molecule has 2 aromatic carbocycles. The molecule has 2 unspecified atom stereocenters. The van der Waals surface area contributed by atoms with E-state index >= 15 is 0 Å². The summed E-state index contributed by atoms with van der Waals surface area (Å²) in [6.07, 6.45) is 10.6. The molecule has 1 aliphatic carbocycles. The molecule has 2 N–H and O–H groups in total. The Morgan fingerprint density at radius 2 is 1.90 bits per heavy atom. The number of aliphatic imine (C=N–C) groups is 1. The first-order chi connectivity index (χ1) is 20.0. The van der Waals surface area contributed by atoms with E-state index in [1.807, 2.05) is 30.5 Å². The number of para-hydroxylation sites is 2. The number of benzene rings is 2. The number of nitrogens with zero attached hydrogens (tertiary/aromatic N) is 4. The zero-order chi connectivity index (χ0) is 28.0. The molecule has 9 heteroatoms. The number of hydrogen-bond acceptors (Lipinski definition) is 6. The highest BCUT2D eigenvalue weighted by Gasteiger charge is 2.46. The van der Waals surface area contributed by atoms with Crippen LogP contribution in [0.25, 0.3) is 0 Å². The van der Waals surface area contributed by atoms with Gasteiger partial charge in [0.2, 0.25) is 11.8 Å². The monoisotopic (exact) mass is 550 g/mol. The number of carbonyl (C=O) groups excluding carboxylic acids is 3. The van der Waals surface area contributed by atoms with Crippen molar-refractivity contribution in [1.82, 2.24) is 20.0 Å². The van der Waals surface area contributed by atoms with Crippen LogP contribution in [0.1, 0.15) is 72.9 Å². The van der Waals surface area contributed by atoms with Gasteiger partial charge in [-0.3, -0.25) is 29.4 Å². The van der Waals surface area contributed by atoms with Crippen LogP contribution < -0.4 is 10.6 Å². The van der Waals surface area contributed by atoms with Crippen LogP contribution in [0.5, 0.6) is 0 Å². The van der Waals surface area contributed by atoms with Crippen molar-refractivity contribution < 1.29 is 14.4 Å². The Balaban J connectivity index is 1.19. The van der Waals surface area contributed by atoms with E-state index in [1.54, 1.807) is 4.90 Å². The van der Waals surface area contributed by atoms with E-state index < -0.39 is 6.04 Å². The maximum absolute atomic E-state index is 13.7. The number of amides is 3. The van der Waals surface area contributed by atoms with Gasteiger partial charge in [-0.05, 0) is 79.8 Å². The number of aromatic nitrogens is 2. The van der Waals surface area contributed by atoms with Crippen LogP contribution in [-0.2, 0) is 21.7 Å². The summed E-state index contributed by atoms with van der Waals surface area (Å²) in [5.74, 6) is -0.386. The van der Waals surface area contributed by atoms with Gasteiger partial charge in [-0.15, -0.1) is 0 Å². The quantitative estimate of drug-likeness (QED) is 0.400. The van der Waals surface area contributed by atoms with Gasteiger partial charge in [0.15, 0.2) is 0 Å². The van der Waals surface area contributed by atoms with Crippen molar-refractivity contribution in [2.45, 2.75) is 69.5 Å². The molecule has 1 saturated heterocycles. The molecule has 3 aliphatic heterocycles. The maximum atomic E-state index is 13.7. The Kier molecular flexibility index (Phi) is 6.44. The largest absolute Gasteiger partial charge is 0.378 e. The minimum atomic E-state index is -0.617. The lowest BCUT2D eigenvalue weighted by molar-refractivity contribution is -0.136. The number of anilines is 1. The third-order valence-electron chi connectivity index (χ3n) is 9.41. The van der Waals surface area contributed by atoms with E-state index in [0.717, 1.165) is 66.9 Å². The van der Waals surface area contributed by atoms with Crippen LogP contribution in [0.3, 0.4) is 0 Å². The zero-order valence-corrected chi connectivity index (χ0v) is 23.0. The zero-order valence-electron chi connectivity index (χ0n) is 23.0. The fourth-order valence-corrected chi connectivity index (χ4v) is 7.07. The third kappa shape index (κ3) is 4.44. The first-order valence-corrected chi connectivity index (χ1v) is 14.7. The second kappa shape index (κ2) is 10.3. The van der Waals surface area contributed by atoms with Crippen LogP contribution >= 0.6 is 0 Å². The lowest BCUT2D eigenvalue weighted by Crippen LogP contribution is -2.52. The Morgan fingerprint density at radius 1 is 1.02 bits per heavy atom. The molecule has 2 atom stereocenters. The van der Waals surface area contributed by atoms with Crippen LogP contribution in [0, 0.1) is 5.92 Å². The molecule has 41 heavy (non-hydrogen) atoms. The molecule has 1 saturated carbocycles. The smallest absolute Gasteiger partial charge is 0.255 e. The van der Waals surface area contributed by atoms with Gasteiger partial charge in [0.05, 0.1) is 23.5 Å². The van der Waals surface area contributed by atoms with Gasteiger partial charge in [-0.25, -0.2) is 0 Å². The average molecular weight is 551 g/mol. The van der Waals surface area contributed by atoms with E-state index in [2.05, 4.69) is 45.8 Å². The second-order valence-electron chi connectivity index (χ2n) is 11.7. The minimum Gasteiger partial charge on any atom is -0.378 e. The Bertz CT molecular complexity index is 1540. The van der Waals surface area contributed by atoms with E-state index in [1.165, 1.54) is 6.42 Å². The molecular weight excluding hydrogens is 516 g/mol. The molecule has 7 rings (SSSR count). The van der Waals surface area contributed by atoms with Gasteiger partial charge in [0.25, 0.3) is 5.91 Å². The van der Waals surface area contributed by atoms with Crippen molar-refractivity contribution in [3.05, 3.63) is 77.6 Å². The highest BCUT2D eigenvalue weighted by atomic mass is 16.2. The maximum Gasteiger partial charge on any atom is 0.255 e. The van der Waals surface area contributed by atoms with Crippen molar-refractivity contribution in [2.24, 2.45) is 10.9 Å². The summed E-state index contributed by atoms with van der Waals surface area (Å²) in [5.41, 5.74) is 5.51. The number of rotatable bonds is 8. The summed E-state index contributed by atoms with van der Waals surface area (Å²) in [6, 6.07) is 15.8. The first kappa shape index (κ1) is 25.7. The molecule has 3 aromatic rings. The predicted octanol–water partition coefficient (Wildman–Crippen LogP) is 4.56. The Morgan fingerprint density at radius 3 is 2.68 bits per heavy atom. The van der Waals surface area contributed by atoms with Crippen LogP contribution in [0.4, 0.5) is 11.4 Å². The lowest BCUT2D eigenvalue weighted by atomic mass is 9.65. The van der Waals surface area contributed by atoms with Crippen LogP contribution in [0.15, 0.2) is 65.9 Å². The van der Waals surface area contributed by atoms with Crippen LogP contribution in [0.2, 0.25) is 0 Å². The first-order valence-electron chi connectivity index (χ1n) is 14.7. The summed E-state index contributed by atoms with van der Waals surface area (Å²) in [7, 11) is 0. The van der Waals surface area contributed by atoms with E-state index in [9.17, 15) is 14.4 Å². The number of hydrogen-bond donors (Lipinski definition) is 2. The second-order valence-corrected chi connectivity index (χ2v) is 11.7. The van der Waals surface area contributed by atoms with E-state index in [4.69, 9.17) is 10.1 Å². The number of carbonyl (C=O) groups is 3. The molecule has 0 bridgehead atoms. The third-order valence-corrected chi connectivity index (χ3v) is 9.41. The number of imide groups is 1.